The lowest BCUT2D eigenvalue weighted by atomic mass is 9.80. The molecule has 188 valence electrons. The molecule has 2 atom stereocenters. The highest BCUT2D eigenvalue weighted by atomic mass is 35.5. The first-order chi connectivity index (χ1) is 17.0. The van der Waals surface area contributed by atoms with Crippen LogP contribution in [0.15, 0.2) is 46.1 Å². The van der Waals surface area contributed by atoms with Crippen molar-refractivity contribution in [2.75, 3.05) is 32.5 Å². The number of rotatable bonds is 12. The lowest BCUT2D eigenvalue weighted by Gasteiger charge is -2.38. The summed E-state index contributed by atoms with van der Waals surface area (Å²) in [5, 5.41) is 13.6. The topological polar surface area (TPSA) is 62.7 Å². The predicted octanol–water partition coefficient (Wildman–Crippen LogP) is 6.88. The van der Waals surface area contributed by atoms with Gasteiger partial charge >= 0.3 is 5.97 Å². The molecule has 0 radical (unpaired) electrons. The Morgan fingerprint density at radius 2 is 2.17 bits per heavy atom. The van der Waals surface area contributed by atoms with E-state index in [2.05, 4.69) is 22.0 Å². The number of aliphatic carboxylic acids is 1. The summed E-state index contributed by atoms with van der Waals surface area (Å²) in [6, 6.07) is 10.1. The molecule has 2 aromatic heterocycles. The Morgan fingerprint density at radius 1 is 1.29 bits per heavy atom. The van der Waals surface area contributed by atoms with Crippen LogP contribution in [0.3, 0.4) is 0 Å². The molecule has 0 amide bonds. The summed E-state index contributed by atoms with van der Waals surface area (Å²) >= 11 is 9.70. The molecule has 0 bridgehead atoms. The molecule has 1 fully saturated rings. The van der Waals surface area contributed by atoms with Gasteiger partial charge in [-0.3, -0.25) is 9.78 Å². The minimum atomic E-state index is -0.683. The molecule has 4 rings (SSSR count). The standard InChI is InChI=1S/C27H33ClN2O3S2/c1-33-22-6-7-25-23(17-22)20(8-11-29-25)5-2-4-19-9-13-30(18-21(19)16-26(31)32)12-3-14-34-27-24(28)10-15-35-27/h6-8,10-11,15,17,19,21H,2-5,9,12-14,16,18H2,1H3,(H,31,32)/t19-,21+/m1/s1. The van der Waals surface area contributed by atoms with E-state index in [1.807, 2.05) is 41.5 Å². The number of aryl methyl sites for hydroxylation is 1. The molecule has 0 saturated carbocycles. The van der Waals surface area contributed by atoms with Gasteiger partial charge < -0.3 is 14.7 Å². The highest BCUT2D eigenvalue weighted by molar-refractivity contribution is 8.01. The van der Waals surface area contributed by atoms with Gasteiger partial charge in [-0.05, 0) is 98.3 Å². The Labute approximate surface area is 220 Å². The number of carboxylic acid groups (broad SMARTS) is 1. The van der Waals surface area contributed by atoms with E-state index in [1.54, 1.807) is 18.4 Å². The highest BCUT2D eigenvalue weighted by Crippen LogP contribution is 2.34. The van der Waals surface area contributed by atoms with E-state index < -0.39 is 5.97 Å². The second kappa shape index (κ2) is 12.9. The van der Waals surface area contributed by atoms with Crippen molar-refractivity contribution in [2.45, 2.75) is 42.7 Å². The summed E-state index contributed by atoms with van der Waals surface area (Å²) in [6.45, 7) is 2.96. The fraction of sp³-hybridized carbons (Fsp3) is 0.481. The summed E-state index contributed by atoms with van der Waals surface area (Å²) in [5.74, 6) is 1.88. The minimum Gasteiger partial charge on any atom is -0.497 e. The van der Waals surface area contributed by atoms with Crippen LogP contribution >= 0.6 is 34.7 Å². The van der Waals surface area contributed by atoms with Gasteiger partial charge in [0.25, 0.3) is 0 Å². The van der Waals surface area contributed by atoms with Crippen molar-refractivity contribution in [1.82, 2.24) is 9.88 Å². The number of piperidine rings is 1. The number of hydrogen-bond donors (Lipinski definition) is 1. The van der Waals surface area contributed by atoms with Gasteiger partial charge in [0.15, 0.2) is 0 Å². The lowest BCUT2D eigenvalue weighted by molar-refractivity contribution is -0.139. The van der Waals surface area contributed by atoms with Crippen LogP contribution in [0.4, 0.5) is 0 Å². The van der Waals surface area contributed by atoms with Crippen LogP contribution in [0, 0.1) is 11.8 Å². The second-order valence-electron chi connectivity index (χ2n) is 9.21. The third-order valence-electron chi connectivity index (χ3n) is 6.91. The minimum absolute atomic E-state index is 0.218. The molecule has 1 aromatic carbocycles. The first-order valence-corrected chi connectivity index (χ1v) is 14.5. The molecule has 0 unspecified atom stereocenters. The van der Waals surface area contributed by atoms with Crippen LogP contribution in [0.5, 0.6) is 5.75 Å². The number of likely N-dealkylation sites (tertiary alicyclic amines) is 1. The van der Waals surface area contributed by atoms with Crippen molar-refractivity contribution < 1.29 is 14.6 Å². The Morgan fingerprint density at radius 3 is 2.94 bits per heavy atom. The quantitative estimate of drug-likeness (QED) is 0.203. The highest BCUT2D eigenvalue weighted by Gasteiger charge is 2.30. The summed E-state index contributed by atoms with van der Waals surface area (Å²) in [5.41, 5.74) is 2.27. The van der Waals surface area contributed by atoms with E-state index in [4.69, 9.17) is 16.3 Å². The number of nitrogens with zero attached hydrogens (tertiary/aromatic N) is 2. The van der Waals surface area contributed by atoms with Gasteiger partial charge in [-0.15, -0.1) is 23.1 Å². The average Bonchev–Trinajstić information content (AvgIpc) is 3.27. The summed E-state index contributed by atoms with van der Waals surface area (Å²) in [4.78, 5) is 18.5. The van der Waals surface area contributed by atoms with Crippen molar-refractivity contribution in [3.63, 3.8) is 0 Å². The largest absolute Gasteiger partial charge is 0.497 e. The number of carboxylic acids is 1. The van der Waals surface area contributed by atoms with Crippen LogP contribution in [-0.4, -0.2) is 53.5 Å². The SMILES string of the molecule is COc1ccc2nccc(CCC[C@@H]3CCN(CCCSc4sccc4Cl)C[C@@H]3CC(=O)O)c2c1. The van der Waals surface area contributed by atoms with E-state index >= 15 is 0 Å². The molecule has 1 saturated heterocycles. The Kier molecular flexibility index (Phi) is 9.72. The average molecular weight is 533 g/mol. The maximum Gasteiger partial charge on any atom is 0.303 e. The zero-order chi connectivity index (χ0) is 24.6. The number of fused-ring (bicyclic) bond motifs is 1. The van der Waals surface area contributed by atoms with Crippen molar-refractivity contribution in [1.29, 1.82) is 0 Å². The van der Waals surface area contributed by atoms with E-state index in [0.29, 0.717) is 5.92 Å². The smallest absolute Gasteiger partial charge is 0.303 e. The fourth-order valence-corrected chi connectivity index (χ4v) is 7.41. The summed E-state index contributed by atoms with van der Waals surface area (Å²) < 4.78 is 6.59. The van der Waals surface area contributed by atoms with Crippen LogP contribution in [0.25, 0.3) is 10.9 Å². The predicted molar refractivity (Wildman–Crippen MR) is 146 cm³/mol. The molecular weight excluding hydrogens is 500 g/mol. The number of thiophene rings is 1. The molecule has 35 heavy (non-hydrogen) atoms. The van der Waals surface area contributed by atoms with Gasteiger partial charge in [-0.2, -0.15) is 0 Å². The molecule has 1 N–H and O–H groups in total. The maximum atomic E-state index is 11.6. The van der Waals surface area contributed by atoms with Crippen molar-refractivity contribution in [3.05, 3.63) is 52.5 Å². The zero-order valence-corrected chi connectivity index (χ0v) is 22.5. The van der Waals surface area contributed by atoms with E-state index in [1.165, 1.54) is 9.77 Å². The molecule has 1 aliphatic heterocycles. The van der Waals surface area contributed by atoms with E-state index in [0.717, 1.165) is 79.2 Å². The van der Waals surface area contributed by atoms with Crippen LogP contribution < -0.4 is 4.74 Å². The normalized spacial score (nSPS) is 18.7. The molecule has 0 aliphatic carbocycles. The number of methoxy groups -OCH3 is 1. The van der Waals surface area contributed by atoms with Gasteiger partial charge in [0.1, 0.15) is 5.75 Å². The van der Waals surface area contributed by atoms with Crippen molar-refractivity contribution in [2.24, 2.45) is 11.8 Å². The number of benzene rings is 1. The van der Waals surface area contributed by atoms with Crippen LogP contribution in [0.2, 0.25) is 5.02 Å². The van der Waals surface area contributed by atoms with Gasteiger partial charge in [-0.1, -0.05) is 11.6 Å². The van der Waals surface area contributed by atoms with Gasteiger partial charge in [0.05, 0.1) is 21.9 Å². The number of carbonyl (C=O) groups is 1. The molecule has 8 heteroatoms. The number of pyridine rings is 1. The van der Waals surface area contributed by atoms with Gasteiger partial charge in [0.2, 0.25) is 0 Å². The number of ether oxygens (including phenoxy) is 1. The zero-order valence-electron chi connectivity index (χ0n) is 20.1. The lowest BCUT2D eigenvalue weighted by Crippen LogP contribution is -2.41. The van der Waals surface area contributed by atoms with E-state index in [9.17, 15) is 9.90 Å². The summed E-state index contributed by atoms with van der Waals surface area (Å²) in [7, 11) is 1.68. The van der Waals surface area contributed by atoms with Gasteiger partial charge in [-0.25, -0.2) is 0 Å². The molecule has 1 aliphatic rings. The Hall–Kier alpha value is -1.80. The number of thioether (sulfide) groups is 1. The summed E-state index contributed by atoms with van der Waals surface area (Å²) in [6.07, 6.45) is 7.38. The van der Waals surface area contributed by atoms with Crippen LogP contribution in [-0.2, 0) is 11.2 Å². The third kappa shape index (κ3) is 7.35. The molecule has 0 spiro atoms. The fourth-order valence-electron chi connectivity index (χ4n) is 5.11. The van der Waals surface area contributed by atoms with E-state index in [-0.39, 0.29) is 12.3 Å². The number of aromatic nitrogens is 1. The van der Waals surface area contributed by atoms with Crippen LogP contribution in [0.1, 0.15) is 37.7 Å². The van der Waals surface area contributed by atoms with Crippen molar-refractivity contribution >= 4 is 51.6 Å². The Bertz CT molecular complexity index is 1120. The first-order valence-electron chi connectivity index (χ1n) is 12.2. The maximum absolute atomic E-state index is 11.6. The third-order valence-corrected chi connectivity index (χ3v) is 9.77. The first kappa shape index (κ1) is 26.3. The molecule has 3 aromatic rings. The molecular formula is C27H33ClN2O3S2. The number of hydrogen-bond acceptors (Lipinski definition) is 6. The van der Waals surface area contributed by atoms with Gasteiger partial charge in [0, 0.05) is 30.3 Å². The monoisotopic (exact) mass is 532 g/mol. The van der Waals surface area contributed by atoms with Crippen molar-refractivity contribution in [3.8, 4) is 5.75 Å². The number of halogens is 1. The Balaban J connectivity index is 1.28. The molecule has 3 heterocycles. The second-order valence-corrected chi connectivity index (χ2v) is 11.9. The molecule has 5 nitrogen and oxygen atoms in total.